The number of ether oxygens (including phenoxy) is 1. The van der Waals surface area contributed by atoms with Gasteiger partial charge in [0.2, 0.25) is 5.91 Å². The van der Waals surface area contributed by atoms with Crippen LogP contribution in [0.2, 0.25) is 0 Å². The third-order valence-corrected chi connectivity index (χ3v) is 4.69. The lowest BCUT2D eigenvalue weighted by atomic mass is 9.99. The van der Waals surface area contributed by atoms with Gasteiger partial charge in [-0.2, -0.15) is 0 Å². The molecule has 2 aromatic carbocycles. The Hall–Kier alpha value is -3.61. The van der Waals surface area contributed by atoms with Crippen LogP contribution >= 0.6 is 0 Å². The lowest BCUT2D eigenvalue weighted by molar-refractivity contribution is -0.137. The highest BCUT2D eigenvalue weighted by Gasteiger charge is 2.15. The van der Waals surface area contributed by atoms with Gasteiger partial charge in [0.1, 0.15) is 17.1 Å². The Bertz CT molecular complexity index is 1100. The second-order valence-corrected chi connectivity index (χ2v) is 6.82. The fourth-order valence-electron chi connectivity index (χ4n) is 3.16. The normalized spacial score (nSPS) is 11.5. The van der Waals surface area contributed by atoms with E-state index < -0.39 is 5.97 Å². The predicted molar refractivity (Wildman–Crippen MR) is 112 cm³/mol. The van der Waals surface area contributed by atoms with Crippen molar-refractivity contribution in [1.82, 2.24) is 5.32 Å². The van der Waals surface area contributed by atoms with E-state index in [4.69, 9.17) is 14.3 Å². The van der Waals surface area contributed by atoms with Gasteiger partial charge in [0.05, 0.1) is 13.4 Å². The highest BCUT2D eigenvalue weighted by Crippen LogP contribution is 2.37. The van der Waals surface area contributed by atoms with Crippen LogP contribution in [0.25, 0.3) is 27.7 Å². The Labute approximate surface area is 173 Å². The third-order valence-electron chi connectivity index (χ3n) is 4.69. The molecule has 0 aliphatic carbocycles. The summed E-state index contributed by atoms with van der Waals surface area (Å²) in [5, 5.41) is 12.1. The number of halogens is 1. The number of fused-ring (bicyclic) bond motifs is 1. The van der Waals surface area contributed by atoms with E-state index >= 15 is 0 Å². The van der Waals surface area contributed by atoms with Crippen molar-refractivity contribution < 1.29 is 28.2 Å². The number of carbonyl (C=O) groups excluding carboxylic acids is 1. The first-order valence-corrected chi connectivity index (χ1v) is 9.42. The lowest BCUT2D eigenvalue weighted by Crippen LogP contribution is -2.23. The van der Waals surface area contributed by atoms with E-state index in [1.54, 1.807) is 31.4 Å². The minimum absolute atomic E-state index is 0.000118. The largest absolute Gasteiger partial charge is 0.496 e. The zero-order valence-corrected chi connectivity index (χ0v) is 16.7. The number of aliphatic carboxylic acids is 1. The van der Waals surface area contributed by atoms with Crippen molar-refractivity contribution >= 4 is 28.4 Å². The van der Waals surface area contributed by atoms with Gasteiger partial charge in [0.25, 0.3) is 0 Å². The number of hydrogen-bond donors (Lipinski definition) is 2. The van der Waals surface area contributed by atoms with Crippen LogP contribution in [0, 0.1) is 5.82 Å². The van der Waals surface area contributed by atoms with Gasteiger partial charge in [0.15, 0.2) is 0 Å². The average Bonchev–Trinajstić information content (AvgIpc) is 3.13. The maximum absolute atomic E-state index is 13.3. The molecule has 1 amide bonds. The van der Waals surface area contributed by atoms with E-state index in [2.05, 4.69) is 5.32 Å². The molecule has 2 N–H and O–H groups in total. The summed E-state index contributed by atoms with van der Waals surface area (Å²) in [4.78, 5) is 22.7. The van der Waals surface area contributed by atoms with Gasteiger partial charge in [-0.05, 0) is 42.7 Å². The van der Waals surface area contributed by atoms with Crippen LogP contribution in [0.3, 0.4) is 0 Å². The molecule has 0 spiro atoms. The van der Waals surface area contributed by atoms with Crippen molar-refractivity contribution in [2.24, 2.45) is 0 Å². The molecule has 0 fully saturated rings. The standard InChI is InChI=1S/C23H22FNO5/c1-14(10-22(26)25-9-3-4-23(27)28)17-11-18-19(15-5-7-16(24)8-6-15)13-30-21(18)12-20(17)29-2/h5-8,10-13H,3-4,9H2,1-2H3,(H,25,26)(H,27,28)/b14-10+. The molecule has 1 aromatic heterocycles. The molecular weight excluding hydrogens is 389 g/mol. The van der Waals surface area contributed by atoms with E-state index in [-0.39, 0.29) is 24.7 Å². The minimum atomic E-state index is -0.897. The molecule has 0 saturated carbocycles. The minimum Gasteiger partial charge on any atom is -0.496 e. The highest BCUT2D eigenvalue weighted by molar-refractivity contribution is 6.00. The zero-order valence-electron chi connectivity index (χ0n) is 16.7. The molecule has 0 saturated heterocycles. The topological polar surface area (TPSA) is 88.8 Å². The number of hydrogen-bond acceptors (Lipinski definition) is 4. The monoisotopic (exact) mass is 411 g/mol. The van der Waals surface area contributed by atoms with E-state index in [9.17, 15) is 14.0 Å². The van der Waals surface area contributed by atoms with Crippen molar-refractivity contribution in [3.63, 3.8) is 0 Å². The van der Waals surface area contributed by atoms with Crippen molar-refractivity contribution in [2.45, 2.75) is 19.8 Å². The van der Waals surface area contributed by atoms with E-state index in [1.165, 1.54) is 25.3 Å². The van der Waals surface area contributed by atoms with Gasteiger partial charge in [-0.3, -0.25) is 9.59 Å². The first-order chi connectivity index (χ1) is 14.4. The van der Waals surface area contributed by atoms with E-state index in [0.717, 1.165) is 22.1 Å². The zero-order chi connectivity index (χ0) is 21.7. The van der Waals surface area contributed by atoms with Crippen LogP contribution in [0.4, 0.5) is 4.39 Å². The maximum atomic E-state index is 13.3. The number of furan rings is 1. The molecular formula is C23H22FNO5. The lowest BCUT2D eigenvalue weighted by Gasteiger charge is -2.10. The van der Waals surface area contributed by atoms with Crippen LogP contribution in [0.15, 0.2) is 53.2 Å². The summed E-state index contributed by atoms with van der Waals surface area (Å²) >= 11 is 0. The highest BCUT2D eigenvalue weighted by atomic mass is 19.1. The molecule has 0 radical (unpaired) electrons. The summed E-state index contributed by atoms with van der Waals surface area (Å²) in [6.45, 7) is 2.07. The number of rotatable bonds is 8. The Morgan fingerprint density at radius 1 is 1.23 bits per heavy atom. The molecule has 156 valence electrons. The fraction of sp³-hybridized carbons (Fsp3) is 0.217. The van der Waals surface area contributed by atoms with Gasteiger partial charge < -0.3 is 19.6 Å². The smallest absolute Gasteiger partial charge is 0.303 e. The third kappa shape index (κ3) is 4.86. The van der Waals surface area contributed by atoms with Crippen LogP contribution in [0.1, 0.15) is 25.3 Å². The number of methoxy groups -OCH3 is 1. The van der Waals surface area contributed by atoms with Crippen molar-refractivity contribution in [2.75, 3.05) is 13.7 Å². The second kappa shape index (κ2) is 9.26. The Kier molecular flexibility index (Phi) is 6.51. The Morgan fingerprint density at radius 3 is 2.63 bits per heavy atom. The summed E-state index contributed by atoms with van der Waals surface area (Å²) in [7, 11) is 1.54. The first-order valence-electron chi connectivity index (χ1n) is 9.42. The van der Waals surface area contributed by atoms with E-state index in [1.807, 2.05) is 6.07 Å². The maximum Gasteiger partial charge on any atom is 0.303 e. The number of amides is 1. The van der Waals surface area contributed by atoms with Crippen molar-refractivity contribution in [3.05, 3.63) is 60.1 Å². The predicted octanol–water partition coefficient (Wildman–Crippen LogP) is 4.63. The van der Waals surface area contributed by atoms with Crippen LogP contribution in [0.5, 0.6) is 5.75 Å². The van der Waals surface area contributed by atoms with Gasteiger partial charge >= 0.3 is 5.97 Å². The Morgan fingerprint density at radius 2 is 1.97 bits per heavy atom. The SMILES string of the molecule is COc1cc2occ(-c3ccc(F)cc3)c2cc1/C(C)=C/C(=O)NCCCC(=O)O. The fourth-order valence-corrected chi connectivity index (χ4v) is 3.16. The van der Waals surface area contributed by atoms with Crippen LogP contribution in [-0.2, 0) is 9.59 Å². The molecule has 6 nitrogen and oxygen atoms in total. The van der Waals surface area contributed by atoms with E-state index in [0.29, 0.717) is 23.3 Å². The summed E-state index contributed by atoms with van der Waals surface area (Å²) in [5.74, 6) is -0.978. The summed E-state index contributed by atoms with van der Waals surface area (Å²) in [6.07, 6.45) is 3.41. The van der Waals surface area contributed by atoms with Gasteiger partial charge in [0, 0.05) is 41.6 Å². The van der Waals surface area contributed by atoms with Crippen molar-refractivity contribution in [1.29, 1.82) is 0 Å². The number of carbonyl (C=O) groups is 2. The number of allylic oxidation sites excluding steroid dienone is 1. The molecule has 0 atom stereocenters. The molecule has 0 unspecified atom stereocenters. The molecule has 0 aliphatic heterocycles. The number of benzene rings is 2. The molecule has 1 heterocycles. The molecule has 0 bridgehead atoms. The molecule has 3 aromatic rings. The molecule has 0 aliphatic rings. The average molecular weight is 411 g/mol. The number of carboxylic acids is 1. The van der Waals surface area contributed by atoms with Gasteiger partial charge in [-0.1, -0.05) is 12.1 Å². The summed E-state index contributed by atoms with van der Waals surface area (Å²) in [6, 6.07) is 9.75. The second-order valence-electron chi connectivity index (χ2n) is 6.82. The number of nitrogens with one attached hydrogen (secondary N) is 1. The van der Waals surface area contributed by atoms with Gasteiger partial charge in [-0.15, -0.1) is 0 Å². The Balaban J connectivity index is 1.90. The molecule has 7 heteroatoms. The molecule has 30 heavy (non-hydrogen) atoms. The molecule has 3 rings (SSSR count). The van der Waals surface area contributed by atoms with Crippen LogP contribution < -0.4 is 10.1 Å². The summed E-state index contributed by atoms with van der Waals surface area (Å²) in [5.41, 5.74) is 3.62. The first kappa shape index (κ1) is 21.1. The van der Waals surface area contributed by atoms with Crippen molar-refractivity contribution in [3.8, 4) is 16.9 Å². The quantitative estimate of drug-likeness (QED) is 0.417. The van der Waals surface area contributed by atoms with Gasteiger partial charge in [-0.25, -0.2) is 4.39 Å². The van der Waals surface area contributed by atoms with Crippen LogP contribution in [-0.4, -0.2) is 30.6 Å². The number of carboxylic acid groups (broad SMARTS) is 1. The summed E-state index contributed by atoms with van der Waals surface area (Å²) < 4.78 is 24.4.